The molecule has 1 atom stereocenters. The van der Waals surface area contributed by atoms with E-state index in [1.54, 1.807) is 0 Å². The van der Waals surface area contributed by atoms with Crippen molar-refractivity contribution in [2.75, 3.05) is 0 Å². The van der Waals surface area contributed by atoms with Crippen LogP contribution in [0.25, 0.3) is 0 Å². The van der Waals surface area contributed by atoms with E-state index in [1.165, 1.54) is 0 Å². The molecule has 0 aliphatic heterocycles. The molecule has 0 aliphatic carbocycles. The monoisotopic (exact) mass is 188 g/mol. The molecule has 0 aromatic rings. The first-order chi connectivity index (χ1) is 5.99. The Balaban J connectivity index is 4.68. The second-order valence-corrected chi connectivity index (χ2v) is 4.34. The molecule has 0 N–H and O–H groups in total. The molecule has 0 heterocycles. The minimum absolute atomic E-state index is 0.120. The van der Waals surface area contributed by atoms with Gasteiger partial charge < -0.3 is 0 Å². The first kappa shape index (κ1) is 12.9. The Morgan fingerprint density at radius 2 is 1.38 bits per heavy atom. The van der Waals surface area contributed by atoms with Gasteiger partial charge in [0.05, 0.1) is 0 Å². The molecule has 1 unspecified atom stereocenters. The van der Waals surface area contributed by atoms with E-state index in [0.717, 1.165) is 19.3 Å². The zero-order valence-electron chi connectivity index (χ0n) is 9.91. The molecule has 0 aromatic heterocycles. The summed E-state index contributed by atoms with van der Waals surface area (Å²) in [5, 5.41) is 0. The summed E-state index contributed by atoms with van der Waals surface area (Å²) >= 11 is 0. The van der Waals surface area contributed by atoms with Crippen LogP contribution in [0.15, 0.2) is 0 Å². The molecule has 0 nitrogen and oxygen atoms in total. The Morgan fingerprint density at radius 3 is 1.62 bits per heavy atom. The summed E-state index contributed by atoms with van der Waals surface area (Å²) in [5.74, 6) is 0. The molecule has 0 rings (SSSR count). The molecular formula is C12H25F. The fourth-order valence-corrected chi connectivity index (χ4v) is 2.37. The predicted molar refractivity (Wildman–Crippen MR) is 57.7 cm³/mol. The summed E-state index contributed by atoms with van der Waals surface area (Å²) in [6, 6.07) is 0. The second kappa shape index (κ2) is 4.97. The van der Waals surface area contributed by atoms with E-state index in [2.05, 4.69) is 20.8 Å². The molecular weight excluding hydrogens is 163 g/mol. The minimum atomic E-state index is -0.961. The zero-order chi connectivity index (χ0) is 10.5. The summed E-state index contributed by atoms with van der Waals surface area (Å²) in [7, 11) is 0. The summed E-state index contributed by atoms with van der Waals surface area (Å²) in [6.07, 6.45) is 4.32. The van der Waals surface area contributed by atoms with Gasteiger partial charge in [0.25, 0.3) is 0 Å². The largest absolute Gasteiger partial charge is 0.243 e. The van der Waals surface area contributed by atoms with Gasteiger partial charge in [-0.3, -0.25) is 0 Å². The maximum absolute atomic E-state index is 14.5. The fraction of sp³-hybridized carbons (Fsp3) is 1.00. The molecule has 0 saturated heterocycles. The number of halogens is 1. The van der Waals surface area contributed by atoms with Gasteiger partial charge in [0.2, 0.25) is 0 Å². The van der Waals surface area contributed by atoms with Crippen LogP contribution in [0.3, 0.4) is 0 Å². The van der Waals surface area contributed by atoms with E-state index in [1.807, 2.05) is 13.8 Å². The average molecular weight is 188 g/mol. The van der Waals surface area contributed by atoms with Gasteiger partial charge in [-0.2, -0.15) is 0 Å². The summed E-state index contributed by atoms with van der Waals surface area (Å²) < 4.78 is 14.5. The molecule has 0 bridgehead atoms. The highest BCUT2D eigenvalue weighted by atomic mass is 19.1. The van der Waals surface area contributed by atoms with E-state index >= 15 is 0 Å². The first-order valence-corrected chi connectivity index (χ1v) is 5.68. The molecule has 0 aliphatic rings. The predicted octanol–water partition coefficient (Wildman–Crippen LogP) is 4.73. The maximum atomic E-state index is 14.5. The third-order valence-corrected chi connectivity index (χ3v) is 3.78. The molecule has 0 fully saturated rings. The Labute approximate surface area is 82.9 Å². The van der Waals surface area contributed by atoms with Crippen molar-refractivity contribution in [2.24, 2.45) is 5.41 Å². The van der Waals surface area contributed by atoms with Gasteiger partial charge in [-0.15, -0.1) is 0 Å². The highest BCUT2D eigenvalue weighted by molar-refractivity contribution is 4.93. The summed E-state index contributed by atoms with van der Waals surface area (Å²) in [5.41, 5.74) is -1.08. The molecule has 13 heavy (non-hydrogen) atoms. The van der Waals surface area contributed by atoms with E-state index in [0.29, 0.717) is 12.8 Å². The van der Waals surface area contributed by atoms with E-state index in [4.69, 9.17) is 0 Å². The van der Waals surface area contributed by atoms with Crippen molar-refractivity contribution >= 4 is 0 Å². The normalized spacial score (nSPS) is 17.1. The third kappa shape index (κ3) is 2.45. The van der Waals surface area contributed by atoms with Gasteiger partial charge in [0.1, 0.15) is 5.67 Å². The van der Waals surface area contributed by atoms with Crippen molar-refractivity contribution in [3.8, 4) is 0 Å². The Kier molecular flexibility index (Phi) is 4.95. The Bertz CT molecular complexity index is 138. The number of hydrogen-bond acceptors (Lipinski definition) is 0. The van der Waals surface area contributed by atoms with Gasteiger partial charge in [-0.25, -0.2) is 4.39 Å². The molecule has 0 radical (unpaired) electrons. The van der Waals surface area contributed by atoms with E-state index in [-0.39, 0.29) is 5.41 Å². The number of rotatable bonds is 6. The highest BCUT2D eigenvalue weighted by Crippen LogP contribution is 2.46. The quantitative estimate of drug-likeness (QED) is 0.565. The van der Waals surface area contributed by atoms with E-state index < -0.39 is 5.67 Å². The summed E-state index contributed by atoms with van der Waals surface area (Å²) in [4.78, 5) is 0. The van der Waals surface area contributed by atoms with Crippen LogP contribution in [0.4, 0.5) is 4.39 Å². The van der Waals surface area contributed by atoms with Gasteiger partial charge in [-0.1, -0.05) is 41.0 Å². The van der Waals surface area contributed by atoms with Gasteiger partial charge in [-0.05, 0) is 25.7 Å². The van der Waals surface area contributed by atoms with Crippen molar-refractivity contribution in [1.82, 2.24) is 0 Å². The lowest BCUT2D eigenvalue weighted by Crippen LogP contribution is -2.41. The molecule has 80 valence electrons. The molecule has 0 aromatic carbocycles. The van der Waals surface area contributed by atoms with Crippen molar-refractivity contribution in [2.45, 2.75) is 72.4 Å². The van der Waals surface area contributed by atoms with Crippen LogP contribution in [0.2, 0.25) is 0 Å². The highest BCUT2D eigenvalue weighted by Gasteiger charge is 2.43. The molecule has 0 spiro atoms. The lowest BCUT2D eigenvalue weighted by atomic mass is 9.67. The van der Waals surface area contributed by atoms with Gasteiger partial charge in [0.15, 0.2) is 0 Å². The van der Waals surface area contributed by atoms with Crippen LogP contribution in [0, 0.1) is 5.41 Å². The fourth-order valence-electron chi connectivity index (χ4n) is 2.37. The lowest BCUT2D eigenvalue weighted by Gasteiger charge is -2.42. The molecule has 1 heteroatoms. The Hall–Kier alpha value is -0.0700. The maximum Gasteiger partial charge on any atom is 0.115 e. The third-order valence-electron chi connectivity index (χ3n) is 3.78. The van der Waals surface area contributed by atoms with Crippen molar-refractivity contribution < 1.29 is 4.39 Å². The molecule has 0 saturated carbocycles. The van der Waals surface area contributed by atoms with Crippen LogP contribution in [0.5, 0.6) is 0 Å². The van der Waals surface area contributed by atoms with Gasteiger partial charge >= 0.3 is 0 Å². The number of hydrogen-bond donors (Lipinski definition) is 0. The van der Waals surface area contributed by atoms with Crippen LogP contribution < -0.4 is 0 Å². The standard InChI is InChI=1S/C12H25F/c1-6-10-11(5,7-2)12(13,8-3)9-4/h6-10H2,1-5H3. The summed E-state index contributed by atoms with van der Waals surface area (Å²) in [6.45, 7) is 10.3. The van der Waals surface area contributed by atoms with Crippen LogP contribution in [-0.2, 0) is 0 Å². The SMILES string of the molecule is CCCC(C)(CC)C(F)(CC)CC. The Morgan fingerprint density at radius 1 is 0.923 bits per heavy atom. The van der Waals surface area contributed by atoms with Gasteiger partial charge in [0, 0.05) is 5.41 Å². The minimum Gasteiger partial charge on any atom is -0.243 e. The topological polar surface area (TPSA) is 0 Å². The van der Waals surface area contributed by atoms with Crippen molar-refractivity contribution in [1.29, 1.82) is 0 Å². The van der Waals surface area contributed by atoms with E-state index in [9.17, 15) is 4.39 Å². The molecule has 0 amide bonds. The van der Waals surface area contributed by atoms with Crippen LogP contribution in [0.1, 0.15) is 66.7 Å². The zero-order valence-corrected chi connectivity index (χ0v) is 9.91. The second-order valence-electron chi connectivity index (χ2n) is 4.34. The van der Waals surface area contributed by atoms with Crippen LogP contribution >= 0.6 is 0 Å². The van der Waals surface area contributed by atoms with Crippen LogP contribution in [-0.4, -0.2) is 5.67 Å². The van der Waals surface area contributed by atoms with Crippen molar-refractivity contribution in [3.05, 3.63) is 0 Å². The lowest BCUT2D eigenvalue weighted by molar-refractivity contribution is -0.0148. The average Bonchev–Trinajstić information content (AvgIpc) is 2.16. The first-order valence-electron chi connectivity index (χ1n) is 5.68. The van der Waals surface area contributed by atoms with Crippen molar-refractivity contribution in [3.63, 3.8) is 0 Å². The smallest absolute Gasteiger partial charge is 0.115 e. The number of alkyl halides is 1.